The number of carboxylic acids is 1. The highest BCUT2D eigenvalue weighted by Gasteiger charge is 2.34. The Labute approximate surface area is 192 Å². The number of aromatic carboxylic acids is 1. The molecular weight excluding hydrogens is 456 g/mol. The quantitative estimate of drug-likeness (QED) is 0.532. The molecule has 3 aromatic rings. The maximum Gasteiger partial charge on any atom is 0.356 e. The van der Waals surface area contributed by atoms with Gasteiger partial charge in [0.15, 0.2) is 5.69 Å². The number of pyridine rings is 2. The van der Waals surface area contributed by atoms with Crippen molar-refractivity contribution in [3.8, 4) is 0 Å². The van der Waals surface area contributed by atoms with Crippen molar-refractivity contribution in [2.24, 2.45) is 0 Å². The van der Waals surface area contributed by atoms with Crippen molar-refractivity contribution in [3.63, 3.8) is 0 Å². The first-order chi connectivity index (χ1) is 15.5. The van der Waals surface area contributed by atoms with Gasteiger partial charge in [-0.05, 0) is 37.6 Å². The molecule has 8 nitrogen and oxygen atoms in total. The van der Waals surface area contributed by atoms with Crippen LogP contribution in [0.1, 0.15) is 47.4 Å². The number of fused-ring (bicyclic) bond motifs is 1. The Kier molecular flexibility index (Phi) is 5.96. The van der Waals surface area contributed by atoms with Crippen molar-refractivity contribution >= 4 is 34.7 Å². The monoisotopic (exact) mass is 477 g/mol. The van der Waals surface area contributed by atoms with E-state index in [1.165, 1.54) is 22.6 Å². The van der Waals surface area contributed by atoms with E-state index < -0.39 is 17.9 Å². The molecule has 0 spiro atoms. The summed E-state index contributed by atoms with van der Waals surface area (Å²) in [6.45, 7) is 3.83. The van der Waals surface area contributed by atoms with E-state index in [2.05, 4.69) is 15.3 Å². The van der Waals surface area contributed by atoms with E-state index in [1.807, 2.05) is 13.0 Å². The zero-order valence-corrected chi connectivity index (χ0v) is 18.7. The maximum absolute atomic E-state index is 13.6. The third kappa shape index (κ3) is 4.75. The summed E-state index contributed by atoms with van der Waals surface area (Å²) in [6.07, 6.45) is 1.06. The molecule has 1 fully saturated rings. The van der Waals surface area contributed by atoms with Crippen molar-refractivity contribution in [3.05, 3.63) is 62.8 Å². The number of rotatable bonds is 5. The number of nitrogens with zero attached hydrogens (tertiary/aromatic N) is 4. The number of aryl methyl sites for hydroxylation is 1. The predicted octanol–water partition coefficient (Wildman–Crippen LogP) is 4.16. The normalized spacial score (nSPS) is 16.6. The van der Waals surface area contributed by atoms with Crippen molar-refractivity contribution in [1.82, 2.24) is 14.4 Å². The molecule has 1 aliphatic rings. The predicted molar refractivity (Wildman–Crippen MR) is 121 cm³/mol. The van der Waals surface area contributed by atoms with Crippen LogP contribution in [0.5, 0.6) is 0 Å². The number of alkyl halides is 2. The topological polar surface area (TPSA) is 99.8 Å². The van der Waals surface area contributed by atoms with Crippen molar-refractivity contribution in [1.29, 1.82) is 0 Å². The summed E-state index contributed by atoms with van der Waals surface area (Å²) in [7, 11) is 0. The Morgan fingerprint density at radius 2 is 1.94 bits per heavy atom. The summed E-state index contributed by atoms with van der Waals surface area (Å²) < 4.78 is 28.6. The smallest absolute Gasteiger partial charge is 0.356 e. The molecule has 1 atom stereocenters. The van der Waals surface area contributed by atoms with Crippen LogP contribution in [0.4, 0.5) is 20.3 Å². The molecule has 0 saturated carbocycles. The van der Waals surface area contributed by atoms with Crippen LogP contribution in [0, 0.1) is 6.92 Å². The van der Waals surface area contributed by atoms with Crippen LogP contribution < -0.4 is 15.8 Å². The molecule has 1 saturated heterocycles. The summed E-state index contributed by atoms with van der Waals surface area (Å²) in [5.74, 6) is -3.61. The van der Waals surface area contributed by atoms with Gasteiger partial charge >= 0.3 is 5.97 Å². The number of anilines is 2. The second-order valence-corrected chi connectivity index (χ2v) is 8.55. The molecule has 1 aliphatic heterocycles. The van der Waals surface area contributed by atoms with Crippen molar-refractivity contribution < 1.29 is 18.7 Å². The Hall–Kier alpha value is -3.27. The lowest BCUT2D eigenvalue weighted by molar-refractivity contribution is -0.0221. The van der Waals surface area contributed by atoms with Gasteiger partial charge in [0.25, 0.3) is 11.5 Å². The van der Waals surface area contributed by atoms with Crippen molar-refractivity contribution in [2.45, 2.75) is 38.7 Å². The first-order valence-corrected chi connectivity index (χ1v) is 10.7. The average Bonchev–Trinajstić information content (AvgIpc) is 2.74. The highest BCUT2D eigenvalue weighted by molar-refractivity contribution is 6.29. The molecule has 33 heavy (non-hydrogen) atoms. The third-order valence-corrected chi connectivity index (χ3v) is 5.84. The van der Waals surface area contributed by atoms with Gasteiger partial charge < -0.3 is 15.3 Å². The molecule has 11 heteroatoms. The summed E-state index contributed by atoms with van der Waals surface area (Å²) in [5.41, 5.74) is 1.50. The highest BCUT2D eigenvalue weighted by Crippen LogP contribution is 2.31. The van der Waals surface area contributed by atoms with E-state index >= 15 is 0 Å². The number of carboxylic acid groups (broad SMARTS) is 1. The van der Waals surface area contributed by atoms with Gasteiger partial charge in [-0.25, -0.2) is 23.5 Å². The fraction of sp³-hybridized carbons (Fsp3) is 0.364. The summed E-state index contributed by atoms with van der Waals surface area (Å²) in [6, 6.07) is 5.73. The van der Waals surface area contributed by atoms with Gasteiger partial charge in [0.1, 0.15) is 16.6 Å². The second kappa shape index (κ2) is 8.58. The summed E-state index contributed by atoms with van der Waals surface area (Å²) in [4.78, 5) is 34.6. The zero-order valence-electron chi connectivity index (χ0n) is 18.0. The van der Waals surface area contributed by atoms with Crippen LogP contribution in [0.25, 0.3) is 5.65 Å². The molecule has 1 unspecified atom stereocenters. The van der Waals surface area contributed by atoms with Crippen LogP contribution in [0.15, 0.2) is 35.3 Å². The van der Waals surface area contributed by atoms with E-state index in [9.17, 15) is 23.5 Å². The van der Waals surface area contributed by atoms with E-state index in [4.69, 9.17) is 11.6 Å². The van der Waals surface area contributed by atoms with E-state index in [0.29, 0.717) is 17.0 Å². The molecule has 4 rings (SSSR count). The second-order valence-electron chi connectivity index (χ2n) is 8.16. The Morgan fingerprint density at radius 3 is 2.61 bits per heavy atom. The molecule has 3 aromatic heterocycles. The first kappa shape index (κ1) is 22.9. The van der Waals surface area contributed by atoms with Gasteiger partial charge in [-0.15, -0.1) is 0 Å². The summed E-state index contributed by atoms with van der Waals surface area (Å²) >= 11 is 5.84. The largest absolute Gasteiger partial charge is 0.476 e. The van der Waals surface area contributed by atoms with Crippen LogP contribution in [0.2, 0.25) is 5.15 Å². The molecule has 174 valence electrons. The molecule has 4 heterocycles. The highest BCUT2D eigenvalue weighted by atomic mass is 35.5. The fourth-order valence-corrected chi connectivity index (χ4v) is 4.08. The first-order valence-electron chi connectivity index (χ1n) is 10.4. The maximum atomic E-state index is 13.6. The molecule has 0 aliphatic carbocycles. The van der Waals surface area contributed by atoms with Gasteiger partial charge in [-0.3, -0.25) is 9.20 Å². The zero-order chi connectivity index (χ0) is 23.9. The minimum atomic E-state index is -2.71. The number of carbonyl (C=O) groups is 1. The Bertz CT molecular complexity index is 1290. The minimum absolute atomic E-state index is 0.0524. The van der Waals surface area contributed by atoms with Crippen LogP contribution >= 0.6 is 11.6 Å². The number of piperidine rings is 1. The van der Waals surface area contributed by atoms with Crippen LogP contribution in [-0.4, -0.2) is 44.5 Å². The van der Waals surface area contributed by atoms with E-state index in [0.717, 1.165) is 5.56 Å². The SMILES string of the molecule is Cc1cc(C(C)Nc2ccc(Cl)nc2C(=O)O)c2nc(N3CCC(F)(F)CC3)cc(=O)n2c1. The molecule has 0 radical (unpaired) electrons. The Balaban J connectivity index is 1.75. The molecule has 0 bridgehead atoms. The molecular formula is C22H22ClF2N5O3. The standard InChI is InChI=1S/C22H22ClF2N5O3/c1-12-9-14(13(2)26-15-3-4-16(23)27-19(15)21(32)33)20-28-17(10-18(31)30(20)11-12)29-7-5-22(24,25)6-8-29/h3-4,9-11,13,26H,5-8H2,1-2H3,(H,32,33). The van der Waals surface area contributed by atoms with Crippen LogP contribution in [-0.2, 0) is 0 Å². The van der Waals surface area contributed by atoms with Crippen molar-refractivity contribution in [2.75, 3.05) is 23.3 Å². The lowest BCUT2D eigenvalue weighted by Crippen LogP contribution is -2.40. The summed E-state index contributed by atoms with van der Waals surface area (Å²) in [5, 5.41) is 12.6. The average molecular weight is 478 g/mol. The van der Waals surface area contributed by atoms with E-state index in [-0.39, 0.29) is 48.0 Å². The number of hydrogen-bond acceptors (Lipinski definition) is 6. The third-order valence-electron chi connectivity index (χ3n) is 5.63. The van der Waals surface area contributed by atoms with E-state index in [1.54, 1.807) is 18.0 Å². The molecule has 0 amide bonds. The lowest BCUT2D eigenvalue weighted by Gasteiger charge is -2.32. The minimum Gasteiger partial charge on any atom is -0.476 e. The fourth-order valence-electron chi connectivity index (χ4n) is 3.93. The molecule has 0 aromatic carbocycles. The van der Waals surface area contributed by atoms with Gasteiger partial charge in [-0.1, -0.05) is 11.6 Å². The number of halogens is 3. The number of nitrogens with one attached hydrogen (secondary N) is 1. The van der Waals surface area contributed by atoms with Gasteiger partial charge in [-0.2, -0.15) is 0 Å². The van der Waals surface area contributed by atoms with Gasteiger partial charge in [0.2, 0.25) is 0 Å². The Morgan fingerprint density at radius 1 is 1.24 bits per heavy atom. The van der Waals surface area contributed by atoms with Crippen LogP contribution in [0.3, 0.4) is 0 Å². The number of hydrogen-bond donors (Lipinski definition) is 2. The van der Waals surface area contributed by atoms with Gasteiger partial charge in [0, 0.05) is 43.8 Å². The number of aromatic nitrogens is 3. The molecule has 2 N–H and O–H groups in total. The van der Waals surface area contributed by atoms with Gasteiger partial charge in [0.05, 0.1) is 11.7 Å². The lowest BCUT2D eigenvalue weighted by atomic mass is 10.1.